The van der Waals surface area contributed by atoms with E-state index in [1.165, 1.54) is 97.7 Å². The Bertz CT molecular complexity index is 3890. The molecule has 1 nitrogen and oxygen atoms in total. The van der Waals surface area contributed by atoms with Crippen molar-refractivity contribution in [3.05, 3.63) is 305 Å². The van der Waals surface area contributed by atoms with Crippen LogP contribution in [0.3, 0.4) is 0 Å². The first kappa shape index (κ1) is 38.9. The standard InChI is InChI=1S/C66H43NS/c1-4-21-46(22-5-1)65(47-23-6-2-7-24-47)58-31-15-12-27-52(58)54-39-37-50(42-61(54)65)67(49-36-35-44-19-10-11-20-45(44)41-49)51-38-40-55-53-28-13-16-32-59(53)66(62(55)43-51,48-25-8-3-9-26-48)60-33-18-30-57-56-29-14-17-34-63(56)68-64(57)60/h1-43H. The number of anilines is 3. The molecule has 1 atom stereocenters. The molecule has 318 valence electrons. The summed E-state index contributed by atoms with van der Waals surface area (Å²) in [4.78, 5) is 2.51. The van der Waals surface area contributed by atoms with Crippen LogP contribution < -0.4 is 4.90 Å². The van der Waals surface area contributed by atoms with Gasteiger partial charge in [0.1, 0.15) is 0 Å². The van der Waals surface area contributed by atoms with Gasteiger partial charge >= 0.3 is 0 Å². The minimum atomic E-state index is -0.603. The molecule has 11 aromatic carbocycles. The molecule has 2 aliphatic carbocycles. The zero-order valence-corrected chi connectivity index (χ0v) is 38.0. The number of fused-ring (bicyclic) bond motifs is 10. The molecule has 0 amide bonds. The van der Waals surface area contributed by atoms with Crippen molar-refractivity contribution in [1.82, 2.24) is 0 Å². The third-order valence-electron chi connectivity index (χ3n) is 15.0. The van der Waals surface area contributed by atoms with Crippen LogP contribution in [0.15, 0.2) is 261 Å². The summed E-state index contributed by atoms with van der Waals surface area (Å²) in [6.45, 7) is 0. The fourth-order valence-corrected chi connectivity index (χ4v) is 13.5. The zero-order chi connectivity index (χ0) is 44.8. The van der Waals surface area contributed by atoms with Gasteiger partial charge in [0.05, 0.1) is 10.8 Å². The maximum Gasteiger partial charge on any atom is 0.0728 e. The minimum absolute atomic E-state index is 0.537. The minimum Gasteiger partial charge on any atom is -0.310 e. The van der Waals surface area contributed by atoms with E-state index in [9.17, 15) is 0 Å². The maximum atomic E-state index is 2.52. The van der Waals surface area contributed by atoms with E-state index in [0.29, 0.717) is 0 Å². The van der Waals surface area contributed by atoms with E-state index in [4.69, 9.17) is 0 Å². The van der Waals surface area contributed by atoms with Crippen molar-refractivity contribution in [2.45, 2.75) is 10.8 Å². The number of hydrogen-bond donors (Lipinski definition) is 0. The van der Waals surface area contributed by atoms with Crippen LogP contribution in [0.25, 0.3) is 53.2 Å². The van der Waals surface area contributed by atoms with E-state index in [0.717, 1.165) is 17.1 Å². The van der Waals surface area contributed by atoms with Crippen LogP contribution >= 0.6 is 11.3 Å². The largest absolute Gasteiger partial charge is 0.310 e. The second kappa shape index (κ2) is 15.1. The van der Waals surface area contributed by atoms with E-state index in [1.54, 1.807) is 0 Å². The van der Waals surface area contributed by atoms with Gasteiger partial charge in [0.15, 0.2) is 0 Å². The van der Waals surface area contributed by atoms with Gasteiger partial charge in [0, 0.05) is 37.2 Å². The molecule has 0 radical (unpaired) electrons. The van der Waals surface area contributed by atoms with Crippen LogP contribution in [0, 0.1) is 0 Å². The molecule has 0 fully saturated rings. The lowest BCUT2D eigenvalue weighted by atomic mass is 9.67. The molecule has 2 aliphatic rings. The molecule has 1 aromatic heterocycles. The second-order valence-electron chi connectivity index (χ2n) is 18.3. The van der Waals surface area contributed by atoms with Gasteiger partial charge in [-0.1, -0.05) is 218 Å². The third-order valence-corrected chi connectivity index (χ3v) is 16.2. The van der Waals surface area contributed by atoms with Crippen LogP contribution in [0.2, 0.25) is 0 Å². The molecule has 0 saturated heterocycles. The topological polar surface area (TPSA) is 3.24 Å². The third kappa shape index (κ3) is 5.44. The lowest BCUT2D eigenvalue weighted by Gasteiger charge is -2.36. The Kier molecular flexibility index (Phi) is 8.65. The summed E-state index contributed by atoms with van der Waals surface area (Å²) in [5.74, 6) is 0. The van der Waals surface area contributed by atoms with E-state index >= 15 is 0 Å². The van der Waals surface area contributed by atoms with Crippen LogP contribution in [-0.2, 0) is 10.8 Å². The molecule has 12 aromatic rings. The Hall–Kier alpha value is -8.30. The Morgan fingerprint density at radius 3 is 1.37 bits per heavy atom. The summed E-state index contributed by atoms with van der Waals surface area (Å²) >= 11 is 1.91. The summed E-state index contributed by atoms with van der Waals surface area (Å²) in [6.07, 6.45) is 0. The molecule has 0 spiro atoms. The van der Waals surface area contributed by atoms with Crippen LogP contribution in [-0.4, -0.2) is 0 Å². The van der Waals surface area contributed by atoms with E-state index in [1.807, 2.05) is 11.3 Å². The van der Waals surface area contributed by atoms with Gasteiger partial charge in [-0.2, -0.15) is 0 Å². The van der Waals surface area contributed by atoms with Crippen molar-refractivity contribution in [3.63, 3.8) is 0 Å². The lowest BCUT2D eigenvalue weighted by Crippen LogP contribution is -2.29. The predicted molar refractivity (Wildman–Crippen MR) is 286 cm³/mol. The van der Waals surface area contributed by atoms with E-state index < -0.39 is 10.8 Å². The summed E-state index contributed by atoms with van der Waals surface area (Å²) in [7, 11) is 0. The first-order valence-electron chi connectivity index (χ1n) is 23.6. The molecule has 1 heterocycles. The van der Waals surface area contributed by atoms with Gasteiger partial charge in [0.25, 0.3) is 0 Å². The van der Waals surface area contributed by atoms with Crippen molar-refractivity contribution in [2.75, 3.05) is 4.90 Å². The van der Waals surface area contributed by atoms with Crippen molar-refractivity contribution >= 4 is 59.3 Å². The molecule has 2 heteroatoms. The molecular formula is C66H43NS. The molecule has 0 bridgehead atoms. The number of benzene rings is 11. The molecular weight excluding hydrogens is 839 g/mol. The number of rotatable bonds is 7. The van der Waals surface area contributed by atoms with Gasteiger partial charge in [-0.05, 0) is 120 Å². The number of nitrogens with zero attached hydrogens (tertiary/aromatic N) is 1. The van der Waals surface area contributed by atoms with Crippen LogP contribution in [0.1, 0.15) is 44.5 Å². The average molecular weight is 882 g/mol. The highest BCUT2D eigenvalue weighted by Crippen LogP contribution is 2.61. The van der Waals surface area contributed by atoms with Crippen LogP contribution in [0.4, 0.5) is 17.1 Å². The molecule has 14 rings (SSSR count). The van der Waals surface area contributed by atoms with Gasteiger partial charge < -0.3 is 4.90 Å². The highest BCUT2D eigenvalue weighted by atomic mass is 32.1. The number of hydrogen-bond acceptors (Lipinski definition) is 2. The lowest BCUT2D eigenvalue weighted by molar-refractivity contribution is 0.768. The van der Waals surface area contributed by atoms with Gasteiger partial charge in [-0.25, -0.2) is 0 Å². The SMILES string of the molecule is c1ccc(C2(c3ccccc3)c3ccccc3-c3ccc(N(c4ccc5c(c4)C(c4ccccc4)(c4cccc6c4sc4ccccc46)c4ccccc4-5)c4ccc5ccccc5c4)cc32)cc1. The highest BCUT2D eigenvalue weighted by molar-refractivity contribution is 7.26. The Labute approximate surface area is 400 Å². The van der Waals surface area contributed by atoms with Crippen molar-refractivity contribution in [1.29, 1.82) is 0 Å². The molecule has 0 saturated carbocycles. The average Bonchev–Trinajstić information content (AvgIpc) is 4.04. The molecule has 68 heavy (non-hydrogen) atoms. The predicted octanol–water partition coefficient (Wildman–Crippen LogP) is 17.4. The Balaban J connectivity index is 1.07. The second-order valence-corrected chi connectivity index (χ2v) is 19.3. The Morgan fingerprint density at radius 2 is 0.721 bits per heavy atom. The van der Waals surface area contributed by atoms with E-state index in [-0.39, 0.29) is 0 Å². The smallest absolute Gasteiger partial charge is 0.0728 e. The first-order chi connectivity index (χ1) is 33.7. The van der Waals surface area contributed by atoms with Crippen molar-refractivity contribution in [2.24, 2.45) is 0 Å². The van der Waals surface area contributed by atoms with Crippen molar-refractivity contribution in [3.8, 4) is 22.3 Å². The fraction of sp³-hybridized carbons (Fsp3) is 0.0303. The number of thiophene rings is 1. The van der Waals surface area contributed by atoms with Crippen LogP contribution in [0.5, 0.6) is 0 Å². The zero-order valence-electron chi connectivity index (χ0n) is 37.2. The van der Waals surface area contributed by atoms with Gasteiger partial charge in [-0.3, -0.25) is 0 Å². The summed E-state index contributed by atoms with van der Waals surface area (Å²) < 4.78 is 2.63. The van der Waals surface area contributed by atoms with E-state index in [2.05, 4.69) is 266 Å². The molecule has 1 unspecified atom stereocenters. The Morgan fingerprint density at radius 1 is 0.279 bits per heavy atom. The summed E-state index contributed by atoms with van der Waals surface area (Å²) in [5.41, 5.74) is 17.5. The molecule has 0 N–H and O–H groups in total. The maximum absolute atomic E-state index is 2.52. The monoisotopic (exact) mass is 881 g/mol. The normalized spacial score (nSPS) is 15.2. The van der Waals surface area contributed by atoms with Crippen molar-refractivity contribution < 1.29 is 0 Å². The van der Waals surface area contributed by atoms with Gasteiger partial charge in [-0.15, -0.1) is 11.3 Å². The fourth-order valence-electron chi connectivity index (χ4n) is 12.2. The quantitative estimate of drug-likeness (QED) is 0.154. The highest BCUT2D eigenvalue weighted by Gasteiger charge is 2.49. The molecule has 0 aliphatic heterocycles. The first-order valence-corrected chi connectivity index (χ1v) is 24.4. The van der Waals surface area contributed by atoms with Gasteiger partial charge in [0.2, 0.25) is 0 Å². The summed E-state index contributed by atoms with van der Waals surface area (Å²) in [5, 5.41) is 5.03. The summed E-state index contributed by atoms with van der Waals surface area (Å²) in [6, 6.07) is 97.7.